The van der Waals surface area contributed by atoms with Crippen molar-refractivity contribution >= 4 is 27.9 Å². The average Bonchev–Trinajstić information content (AvgIpc) is 3.35. The summed E-state index contributed by atoms with van der Waals surface area (Å²) in [5, 5.41) is 15.2. The van der Waals surface area contributed by atoms with Crippen LogP contribution in [0.4, 0.5) is 0 Å². The molecule has 0 bridgehead atoms. The number of halogens is 1. The molecule has 2 heterocycles. The maximum absolute atomic E-state index is 6.01. The fourth-order valence-electron chi connectivity index (χ4n) is 3.48. The minimum Gasteiger partial charge on any atom is -0.187 e. The number of rotatable bonds is 5. The Balaban J connectivity index is 1.53. The van der Waals surface area contributed by atoms with Gasteiger partial charge in [0.05, 0.1) is 0 Å². The molecule has 0 aliphatic rings. The summed E-state index contributed by atoms with van der Waals surface area (Å²) in [6, 6.07) is 28.7. The van der Waals surface area contributed by atoms with E-state index < -0.39 is 0 Å². The molecule has 0 amide bonds. The van der Waals surface area contributed by atoms with Crippen molar-refractivity contribution in [2.24, 2.45) is 0 Å². The summed E-state index contributed by atoms with van der Waals surface area (Å²) in [7, 11) is 0. The second-order valence-electron chi connectivity index (χ2n) is 6.80. The van der Waals surface area contributed by atoms with E-state index in [9.17, 15) is 0 Å². The van der Waals surface area contributed by atoms with Crippen molar-refractivity contribution in [1.29, 1.82) is 0 Å². The Morgan fingerprint density at radius 1 is 0.793 bits per heavy atom. The summed E-state index contributed by atoms with van der Waals surface area (Å²) in [5.74, 6) is 1.04. The third-order valence-electron chi connectivity index (χ3n) is 4.94. The van der Waals surface area contributed by atoms with E-state index in [1.165, 1.54) is 22.5 Å². The molecule has 0 fully saturated rings. The third kappa shape index (κ3) is 3.67. The monoisotopic (exact) mass is 416 g/mol. The molecule has 5 rings (SSSR count). The van der Waals surface area contributed by atoms with E-state index in [4.69, 9.17) is 16.7 Å². The lowest BCUT2D eigenvalue weighted by molar-refractivity contribution is 0.722. The summed E-state index contributed by atoms with van der Waals surface area (Å²) in [6.45, 7) is 0. The van der Waals surface area contributed by atoms with Gasteiger partial charge in [0.2, 0.25) is 4.96 Å². The molecule has 0 spiro atoms. The number of hydrogen-bond acceptors (Lipinski definition) is 4. The number of aromatic nitrogens is 4. The van der Waals surface area contributed by atoms with Crippen LogP contribution in [0, 0.1) is 0 Å². The largest absolute Gasteiger partial charge is 0.234 e. The van der Waals surface area contributed by atoms with E-state index in [1.54, 1.807) is 0 Å². The molecule has 0 aliphatic heterocycles. The molecule has 6 heteroatoms. The third-order valence-corrected chi connectivity index (χ3v) is 6.14. The van der Waals surface area contributed by atoms with E-state index in [-0.39, 0.29) is 5.92 Å². The van der Waals surface area contributed by atoms with Crippen LogP contribution in [0.3, 0.4) is 0 Å². The normalized spacial score (nSPS) is 11.4. The van der Waals surface area contributed by atoms with Gasteiger partial charge in [-0.25, -0.2) is 0 Å². The average molecular weight is 417 g/mol. The molecule has 0 atom stereocenters. The lowest BCUT2D eigenvalue weighted by Crippen LogP contribution is -2.08. The van der Waals surface area contributed by atoms with Crippen molar-refractivity contribution in [3.8, 4) is 10.6 Å². The van der Waals surface area contributed by atoms with Crippen LogP contribution >= 0.6 is 22.9 Å². The zero-order chi connectivity index (χ0) is 19.6. The molecule has 4 nitrogen and oxygen atoms in total. The fraction of sp³-hybridized carbons (Fsp3) is 0.0870. The summed E-state index contributed by atoms with van der Waals surface area (Å²) in [5.41, 5.74) is 3.53. The lowest BCUT2D eigenvalue weighted by Gasteiger charge is -2.16. The summed E-state index contributed by atoms with van der Waals surface area (Å²) in [6.07, 6.45) is 0.721. The first kappa shape index (κ1) is 18.0. The minimum atomic E-state index is 0.186. The van der Waals surface area contributed by atoms with Gasteiger partial charge in [-0.15, -0.1) is 10.2 Å². The van der Waals surface area contributed by atoms with Crippen LogP contribution in [0.5, 0.6) is 0 Å². The van der Waals surface area contributed by atoms with Crippen molar-refractivity contribution in [2.45, 2.75) is 12.3 Å². The second-order valence-corrected chi connectivity index (χ2v) is 8.20. The topological polar surface area (TPSA) is 43.1 Å². The predicted octanol–water partition coefficient (Wildman–Crippen LogP) is 5.88. The van der Waals surface area contributed by atoms with Gasteiger partial charge in [-0.3, -0.25) is 0 Å². The van der Waals surface area contributed by atoms with E-state index >= 15 is 0 Å². The van der Waals surface area contributed by atoms with E-state index in [0.717, 1.165) is 27.8 Å². The number of fused-ring (bicyclic) bond motifs is 1. The van der Waals surface area contributed by atoms with Gasteiger partial charge < -0.3 is 0 Å². The van der Waals surface area contributed by atoms with Crippen LogP contribution in [-0.4, -0.2) is 19.8 Å². The molecule has 0 saturated carbocycles. The van der Waals surface area contributed by atoms with Crippen molar-refractivity contribution in [3.63, 3.8) is 0 Å². The highest BCUT2D eigenvalue weighted by Gasteiger charge is 2.20. The summed E-state index contributed by atoms with van der Waals surface area (Å²) < 4.78 is 1.87. The van der Waals surface area contributed by atoms with E-state index in [0.29, 0.717) is 5.02 Å². The van der Waals surface area contributed by atoms with E-state index in [1.807, 2.05) is 40.9 Å². The highest BCUT2D eigenvalue weighted by molar-refractivity contribution is 7.19. The molecule has 0 N–H and O–H groups in total. The number of hydrogen-bond donors (Lipinski definition) is 0. The van der Waals surface area contributed by atoms with Crippen LogP contribution in [0.2, 0.25) is 5.02 Å². The smallest absolute Gasteiger partial charge is 0.187 e. The van der Waals surface area contributed by atoms with Gasteiger partial charge in [-0.2, -0.15) is 9.61 Å². The highest BCUT2D eigenvalue weighted by Crippen LogP contribution is 2.30. The minimum absolute atomic E-state index is 0.186. The molecule has 0 aliphatic carbocycles. The predicted molar refractivity (Wildman–Crippen MR) is 118 cm³/mol. The van der Waals surface area contributed by atoms with Crippen LogP contribution in [-0.2, 0) is 6.42 Å². The van der Waals surface area contributed by atoms with Crippen molar-refractivity contribution in [2.75, 3.05) is 0 Å². The molecule has 0 radical (unpaired) electrons. The lowest BCUT2D eigenvalue weighted by atomic mass is 9.88. The molecule has 0 unspecified atom stereocenters. The van der Waals surface area contributed by atoms with Crippen LogP contribution in [0.25, 0.3) is 15.5 Å². The summed E-state index contributed by atoms with van der Waals surface area (Å²) in [4.78, 5) is 0.796. The van der Waals surface area contributed by atoms with Crippen LogP contribution in [0.15, 0.2) is 84.9 Å². The van der Waals surface area contributed by atoms with Gasteiger partial charge in [-0.1, -0.05) is 95.7 Å². The molecule has 0 saturated heterocycles. The zero-order valence-electron chi connectivity index (χ0n) is 15.4. The SMILES string of the molecule is Clc1ccc(-c2nn3c(CC(c4ccccc4)c4ccccc4)nnc3s2)cc1. The van der Waals surface area contributed by atoms with Crippen LogP contribution in [0.1, 0.15) is 22.9 Å². The fourth-order valence-corrected chi connectivity index (χ4v) is 4.46. The molecule has 2 aromatic heterocycles. The Bertz CT molecular complexity index is 1190. The Morgan fingerprint density at radius 3 is 2.03 bits per heavy atom. The molecular weight excluding hydrogens is 400 g/mol. The van der Waals surface area contributed by atoms with Gasteiger partial charge in [0.1, 0.15) is 5.01 Å². The van der Waals surface area contributed by atoms with Gasteiger partial charge in [-0.05, 0) is 23.3 Å². The molecule has 29 heavy (non-hydrogen) atoms. The Morgan fingerprint density at radius 2 is 1.41 bits per heavy atom. The quantitative estimate of drug-likeness (QED) is 0.359. The highest BCUT2D eigenvalue weighted by atomic mass is 35.5. The Hall–Kier alpha value is -3.02. The zero-order valence-corrected chi connectivity index (χ0v) is 17.0. The first-order valence-electron chi connectivity index (χ1n) is 9.35. The first-order chi connectivity index (χ1) is 14.3. The van der Waals surface area contributed by atoms with Gasteiger partial charge in [0.25, 0.3) is 0 Å². The molecule has 3 aromatic carbocycles. The van der Waals surface area contributed by atoms with Crippen LogP contribution < -0.4 is 0 Å². The van der Waals surface area contributed by atoms with Gasteiger partial charge in [0, 0.05) is 22.9 Å². The van der Waals surface area contributed by atoms with Gasteiger partial charge >= 0.3 is 0 Å². The summed E-state index contributed by atoms with van der Waals surface area (Å²) >= 11 is 7.54. The van der Waals surface area contributed by atoms with Crippen molar-refractivity contribution in [3.05, 3.63) is 107 Å². The molecule has 142 valence electrons. The Kier molecular flexibility index (Phi) is 4.84. The maximum atomic E-state index is 6.01. The number of nitrogens with zero attached hydrogens (tertiary/aromatic N) is 4. The van der Waals surface area contributed by atoms with Gasteiger partial charge in [0.15, 0.2) is 5.82 Å². The molecular formula is C23H17ClN4S. The maximum Gasteiger partial charge on any atom is 0.234 e. The number of benzene rings is 3. The van der Waals surface area contributed by atoms with Crippen molar-refractivity contribution < 1.29 is 0 Å². The standard InChI is InChI=1S/C23H17ClN4S/c24-19-13-11-18(12-14-19)22-27-28-21(25-26-23(28)29-22)15-20(16-7-3-1-4-8-16)17-9-5-2-6-10-17/h1-14,20H,15H2. The van der Waals surface area contributed by atoms with Crippen molar-refractivity contribution in [1.82, 2.24) is 19.8 Å². The molecule has 5 aromatic rings. The first-order valence-corrected chi connectivity index (χ1v) is 10.5. The Labute approximate surface area is 177 Å². The second kappa shape index (κ2) is 7.78. The van der Waals surface area contributed by atoms with E-state index in [2.05, 4.69) is 58.7 Å².